The van der Waals surface area contributed by atoms with Gasteiger partial charge < -0.3 is 9.84 Å². The molecule has 1 aromatic heterocycles. The van der Waals surface area contributed by atoms with Gasteiger partial charge in [0.05, 0.1) is 23.5 Å². The zero-order valence-electron chi connectivity index (χ0n) is 13.9. The molecule has 2 aromatic carbocycles. The van der Waals surface area contributed by atoms with Crippen molar-refractivity contribution < 1.29 is 14.2 Å². The number of aromatic hydroxyl groups is 1. The van der Waals surface area contributed by atoms with Gasteiger partial charge in [0.1, 0.15) is 17.1 Å². The number of ether oxygens (including phenoxy) is 1. The van der Waals surface area contributed by atoms with Crippen LogP contribution in [0.2, 0.25) is 5.02 Å². The van der Waals surface area contributed by atoms with Crippen LogP contribution in [0.4, 0.5) is 10.1 Å². The average Bonchev–Trinajstić information content (AvgIpc) is 2.64. The van der Waals surface area contributed by atoms with Gasteiger partial charge in [0.2, 0.25) is 5.88 Å². The van der Waals surface area contributed by atoms with Crippen LogP contribution in [-0.2, 0) is 0 Å². The standard InChI is InChI=1S/C18H13ClFN3O3S/c1-26-12-5-2-10(3-6-12)21-9-13-16(24)22-18(27)23(17(13)25)11-4-7-15(20)14(19)8-11/h2-9,25H,1H3,(H,22,24,27). The highest BCUT2D eigenvalue weighted by Gasteiger charge is 2.13. The molecule has 138 valence electrons. The average molecular weight is 406 g/mol. The molecule has 0 aliphatic heterocycles. The zero-order valence-corrected chi connectivity index (χ0v) is 15.5. The van der Waals surface area contributed by atoms with E-state index >= 15 is 0 Å². The minimum absolute atomic E-state index is 0.0678. The summed E-state index contributed by atoms with van der Waals surface area (Å²) in [6.45, 7) is 0. The van der Waals surface area contributed by atoms with Crippen molar-refractivity contribution in [2.45, 2.75) is 0 Å². The van der Waals surface area contributed by atoms with E-state index in [1.807, 2.05) is 0 Å². The largest absolute Gasteiger partial charge is 0.497 e. The van der Waals surface area contributed by atoms with E-state index in [0.29, 0.717) is 17.1 Å². The Morgan fingerprint density at radius 1 is 1.30 bits per heavy atom. The fourth-order valence-electron chi connectivity index (χ4n) is 2.33. The molecule has 0 aliphatic rings. The Bertz CT molecular complexity index is 1140. The Morgan fingerprint density at radius 3 is 2.63 bits per heavy atom. The van der Waals surface area contributed by atoms with Crippen molar-refractivity contribution in [1.29, 1.82) is 0 Å². The fraction of sp³-hybridized carbons (Fsp3) is 0.0556. The van der Waals surface area contributed by atoms with Crippen molar-refractivity contribution in [3.05, 3.63) is 74.0 Å². The summed E-state index contributed by atoms with van der Waals surface area (Å²) in [5.74, 6) is -0.392. The molecule has 0 spiro atoms. The Hall–Kier alpha value is -2.97. The molecular weight excluding hydrogens is 393 g/mol. The molecule has 6 nitrogen and oxygen atoms in total. The van der Waals surface area contributed by atoms with E-state index in [1.165, 1.54) is 18.3 Å². The third-order valence-electron chi connectivity index (χ3n) is 3.70. The minimum atomic E-state index is -0.614. The van der Waals surface area contributed by atoms with E-state index in [2.05, 4.69) is 9.98 Å². The monoisotopic (exact) mass is 405 g/mol. The summed E-state index contributed by atoms with van der Waals surface area (Å²) in [6.07, 6.45) is 1.21. The summed E-state index contributed by atoms with van der Waals surface area (Å²) in [4.78, 5) is 18.8. The second-order valence-corrected chi connectivity index (χ2v) is 6.18. The number of hydrogen-bond donors (Lipinski definition) is 2. The minimum Gasteiger partial charge on any atom is -0.497 e. The van der Waals surface area contributed by atoms with Crippen molar-refractivity contribution in [3.63, 3.8) is 0 Å². The van der Waals surface area contributed by atoms with Gasteiger partial charge in [-0.3, -0.25) is 19.3 Å². The van der Waals surface area contributed by atoms with E-state index < -0.39 is 17.3 Å². The maximum atomic E-state index is 13.4. The first-order valence-electron chi connectivity index (χ1n) is 7.62. The Labute approximate surface area is 163 Å². The first kappa shape index (κ1) is 18.8. The second kappa shape index (κ2) is 7.73. The van der Waals surface area contributed by atoms with Gasteiger partial charge in [0.15, 0.2) is 4.77 Å². The van der Waals surface area contributed by atoms with Crippen LogP contribution in [0.3, 0.4) is 0 Å². The first-order valence-corrected chi connectivity index (χ1v) is 8.41. The molecule has 0 radical (unpaired) electrons. The molecule has 9 heteroatoms. The molecule has 0 aliphatic carbocycles. The maximum Gasteiger partial charge on any atom is 0.264 e. The Balaban J connectivity index is 2.08. The molecular formula is C18H13ClFN3O3S. The molecule has 1 heterocycles. The summed E-state index contributed by atoms with van der Waals surface area (Å²) in [6, 6.07) is 10.6. The van der Waals surface area contributed by atoms with E-state index in [-0.39, 0.29) is 15.4 Å². The number of aliphatic imine (C=N–C) groups is 1. The molecule has 0 unspecified atom stereocenters. The quantitative estimate of drug-likeness (QED) is 0.504. The molecule has 0 saturated carbocycles. The number of nitrogens with zero attached hydrogens (tertiary/aromatic N) is 2. The number of halogens is 2. The van der Waals surface area contributed by atoms with Crippen molar-refractivity contribution >= 4 is 35.7 Å². The van der Waals surface area contributed by atoms with Gasteiger partial charge >= 0.3 is 0 Å². The van der Waals surface area contributed by atoms with Gasteiger partial charge in [-0.2, -0.15) is 0 Å². The predicted molar refractivity (Wildman–Crippen MR) is 104 cm³/mol. The number of H-pyrrole nitrogens is 1. The molecule has 2 N–H and O–H groups in total. The molecule has 0 saturated heterocycles. The van der Waals surface area contributed by atoms with Gasteiger partial charge in [0, 0.05) is 6.21 Å². The zero-order chi connectivity index (χ0) is 19.6. The summed E-state index contributed by atoms with van der Waals surface area (Å²) in [7, 11) is 1.55. The third kappa shape index (κ3) is 3.91. The number of rotatable bonds is 4. The van der Waals surface area contributed by atoms with Gasteiger partial charge in [0.25, 0.3) is 5.56 Å². The summed E-state index contributed by atoms with van der Waals surface area (Å²) in [5.41, 5.74) is 0.117. The van der Waals surface area contributed by atoms with Crippen LogP contribution >= 0.6 is 23.8 Å². The van der Waals surface area contributed by atoms with Crippen LogP contribution in [0, 0.1) is 10.6 Å². The van der Waals surface area contributed by atoms with E-state index in [1.54, 1.807) is 31.4 Å². The maximum absolute atomic E-state index is 13.4. The fourth-order valence-corrected chi connectivity index (χ4v) is 2.79. The highest BCUT2D eigenvalue weighted by Crippen LogP contribution is 2.24. The lowest BCUT2D eigenvalue weighted by Crippen LogP contribution is -2.18. The molecule has 27 heavy (non-hydrogen) atoms. The Kier molecular flexibility index (Phi) is 5.38. The van der Waals surface area contributed by atoms with E-state index in [0.717, 1.165) is 10.6 Å². The lowest BCUT2D eigenvalue weighted by molar-refractivity contribution is 0.415. The van der Waals surface area contributed by atoms with E-state index in [9.17, 15) is 14.3 Å². The van der Waals surface area contributed by atoms with Gasteiger partial charge in [-0.1, -0.05) is 11.6 Å². The van der Waals surface area contributed by atoms with Crippen LogP contribution in [0.1, 0.15) is 5.56 Å². The molecule has 0 fully saturated rings. The normalized spacial score (nSPS) is 11.1. The summed E-state index contributed by atoms with van der Waals surface area (Å²) >= 11 is 10.9. The van der Waals surface area contributed by atoms with Gasteiger partial charge in [-0.15, -0.1) is 0 Å². The van der Waals surface area contributed by atoms with Crippen LogP contribution in [-0.4, -0.2) is 28.0 Å². The predicted octanol–water partition coefficient (Wildman–Crippen LogP) is 4.15. The number of nitrogens with one attached hydrogen (secondary N) is 1. The third-order valence-corrected chi connectivity index (χ3v) is 4.27. The van der Waals surface area contributed by atoms with Crippen molar-refractivity contribution in [2.24, 2.45) is 4.99 Å². The first-order chi connectivity index (χ1) is 12.9. The van der Waals surface area contributed by atoms with E-state index in [4.69, 9.17) is 28.6 Å². The molecule has 0 atom stereocenters. The second-order valence-electron chi connectivity index (χ2n) is 5.39. The number of aromatic amines is 1. The number of methoxy groups -OCH3 is 1. The molecule has 0 amide bonds. The SMILES string of the molecule is COc1ccc(N=Cc2c(O)n(-c3ccc(F)c(Cl)c3)c(=S)[nH]c2=O)cc1. The van der Waals surface area contributed by atoms with Crippen molar-refractivity contribution in [1.82, 2.24) is 9.55 Å². The summed E-state index contributed by atoms with van der Waals surface area (Å²) < 4.78 is 19.6. The molecule has 3 aromatic rings. The molecule has 3 rings (SSSR count). The van der Waals surface area contributed by atoms with Crippen molar-refractivity contribution in [2.75, 3.05) is 7.11 Å². The lowest BCUT2D eigenvalue weighted by Gasteiger charge is -2.11. The van der Waals surface area contributed by atoms with Crippen LogP contribution < -0.4 is 10.3 Å². The van der Waals surface area contributed by atoms with Crippen LogP contribution in [0.25, 0.3) is 5.69 Å². The van der Waals surface area contributed by atoms with Gasteiger partial charge in [-0.25, -0.2) is 4.39 Å². The van der Waals surface area contributed by atoms with Crippen LogP contribution in [0.15, 0.2) is 52.3 Å². The highest BCUT2D eigenvalue weighted by molar-refractivity contribution is 7.71. The number of aromatic nitrogens is 2. The lowest BCUT2D eigenvalue weighted by atomic mass is 10.2. The Morgan fingerprint density at radius 2 is 2.00 bits per heavy atom. The summed E-state index contributed by atoms with van der Waals surface area (Å²) in [5, 5.41) is 10.4. The number of hydrogen-bond acceptors (Lipinski definition) is 5. The topological polar surface area (TPSA) is 79.6 Å². The molecule has 0 bridgehead atoms. The van der Waals surface area contributed by atoms with Crippen LogP contribution in [0.5, 0.6) is 11.6 Å². The smallest absolute Gasteiger partial charge is 0.264 e. The van der Waals surface area contributed by atoms with Gasteiger partial charge in [-0.05, 0) is 54.7 Å². The van der Waals surface area contributed by atoms with Crippen molar-refractivity contribution in [3.8, 4) is 17.3 Å². The highest BCUT2D eigenvalue weighted by atomic mass is 35.5. The number of benzene rings is 2.